The lowest BCUT2D eigenvalue weighted by molar-refractivity contribution is 0.669. The van der Waals surface area contributed by atoms with Crippen LogP contribution in [0.15, 0.2) is 174 Å². The van der Waals surface area contributed by atoms with Crippen LogP contribution < -0.4 is 0 Å². The zero-order valence-corrected chi connectivity index (χ0v) is 28.4. The Balaban J connectivity index is 1.28. The highest BCUT2D eigenvalue weighted by atomic mass is 16.3. The van der Waals surface area contributed by atoms with E-state index in [1.807, 2.05) is 6.07 Å². The van der Waals surface area contributed by atoms with Crippen molar-refractivity contribution in [3.05, 3.63) is 170 Å². The second-order valence-corrected chi connectivity index (χ2v) is 13.8. The van der Waals surface area contributed by atoms with Gasteiger partial charge in [0, 0.05) is 43.6 Å². The summed E-state index contributed by atoms with van der Waals surface area (Å²) in [5.41, 5.74) is 10.0. The molecule has 5 nitrogen and oxygen atoms in total. The fourth-order valence-corrected chi connectivity index (χ4v) is 8.61. The Hall–Kier alpha value is -7.24. The summed E-state index contributed by atoms with van der Waals surface area (Å²) in [7, 11) is 0. The lowest BCUT2D eigenvalue weighted by Crippen LogP contribution is -2.04. The molecule has 12 rings (SSSR count). The molecule has 0 unspecified atom stereocenters. The van der Waals surface area contributed by atoms with Gasteiger partial charge in [0.15, 0.2) is 0 Å². The first kappa shape index (κ1) is 28.5. The Morgan fingerprint density at radius 1 is 0.415 bits per heavy atom. The molecule has 5 heteroatoms. The zero-order chi connectivity index (χ0) is 34.6. The normalized spacial score (nSPS) is 12.2. The van der Waals surface area contributed by atoms with E-state index >= 15 is 0 Å². The van der Waals surface area contributed by atoms with Crippen LogP contribution in [0.4, 0.5) is 0 Å². The molecule has 246 valence electrons. The number of hydrogen-bond acceptors (Lipinski definition) is 3. The van der Waals surface area contributed by atoms with Crippen LogP contribution in [0.3, 0.4) is 0 Å². The van der Waals surface area contributed by atoms with Crippen LogP contribution in [0.2, 0.25) is 0 Å². The van der Waals surface area contributed by atoms with Crippen molar-refractivity contribution in [2.24, 2.45) is 0 Å². The van der Waals surface area contributed by atoms with E-state index in [0.29, 0.717) is 5.95 Å². The maximum Gasteiger partial charge on any atom is 0.235 e. The van der Waals surface area contributed by atoms with E-state index in [9.17, 15) is 0 Å². The summed E-state index contributed by atoms with van der Waals surface area (Å²) in [5.74, 6) is 0.634. The summed E-state index contributed by atoms with van der Waals surface area (Å²) < 4.78 is 11.2. The summed E-state index contributed by atoms with van der Waals surface area (Å²) in [6.45, 7) is 0. The van der Waals surface area contributed by atoms with Crippen molar-refractivity contribution < 1.29 is 4.42 Å². The molecule has 0 bridgehead atoms. The molecule has 0 atom stereocenters. The van der Waals surface area contributed by atoms with E-state index in [1.54, 1.807) is 0 Å². The summed E-state index contributed by atoms with van der Waals surface area (Å²) in [5, 5.41) is 10.2. The fraction of sp³-hybridized carbons (Fsp3) is 0. The average molecular weight is 677 g/mol. The van der Waals surface area contributed by atoms with E-state index in [4.69, 9.17) is 14.4 Å². The van der Waals surface area contributed by atoms with Crippen molar-refractivity contribution in [1.82, 2.24) is 19.1 Å². The van der Waals surface area contributed by atoms with Crippen LogP contribution in [-0.4, -0.2) is 19.1 Å². The number of fused-ring (bicyclic) bond motifs is 13. The molecule has 0 radical (unpaired) electrons. The van der Waals surface area contributed by atoms with Gasteiger partial charge in [-0.3, -0.25) is 4.57 Å². The Labute approximate surface area is 302 Å². The Bertz CT molecular complexity index is 3460. The largest absolute Gasteiger partial charge is 0.456 e. The fourth-order valence-electron chi connectivity index (χ4n) is 8.61. The van der Waals surface area contributed by atoms with Gasteiger partial charge in [0.05, 0.1) is 38.7 Å². The molecule has 0 saturated carbocycles. The van der Waals surface area contributed by atoms with Gasteiger partial charge in [-0.2, -0.15) is 0 Å². The van der Waals surface area contributed by atoms with Crippen LogP contribution in [-0.2, 0) is 0 Å². The minimum atomic E-state index is 0.634. The van der Waals surface area contributed by atoms with Gasteiger partial charge in [-0.25, -0.2) is 9.97 Å². The number of para-hydroxylation sites is 4. The van der Waals surface area contributed by atoms with Crippen molar-refractivity contribution in [1.29, 1.82) is 0 Å². The predicted octanol–water partition coefficient (Wildman–Crippen LogP) is 12.5. The Morgan fingerprint density at radius 2 is 1.08 bits per heavy atom. The number of nitrogens with zero attached hydrogens (tertiary/aromatic N) is 4. The Kier molecular flexibility index (Phi) is 5.71. The van der Waals surface area contributed by atoms with E-state index in [-0.39, 0.29) is 0 Å². The van der Waals surface area contributed by atoms with E-state index in [1.165, 1.54) is 10.8 Å². The average Bonchev–Trinajstić information content (AvgIpc) is 3.88. The van der Waals surface area contributed by atoms with E-state index < -0.39 is 0 Å². The quantitative estimate of drug-likeness (QED) is 0.187. The summed E-state index contributed by atoms with van der Waals surface area (Å²) in [6, 6.07) is 60.0. The van der Waals surface area contributed by atoms with Crippen molar-refractivity contribution in [3.63, 3.8) is 0 Å². The van der Waals surface area contributed by atoms with Gasteiger partial charge in [0.1, 0.15) is 11.2 Å². The van der Waals surface area contributed by atoms with Gasteiger partial charge in [-0.1, -0.05) is 121 Å². The summed E-state index contributed by atoms with van der Waals surface area (Å²) in [6.07, 6.45) is 0. The molecule has 0 aliphatic heterocycles. The molecule has 8 aromatic carbocycles. The molecule has 4 heterocycles. The maximum absolute atomic E-state index is 6.46. The molecular formula is C48H28N4O. The molecule has 0 fully saturated rings. The van der Waals surface area contributed by atoms with Gasteiger partial charge in [0.2, 0.25) is 5.95 Å². The van der Waals surface area contributed by atoms with Crippen molar-refractivity contribution in [3.8, 4) is 22.9 Å². The first-order chi connectivity index (χ1) is 26.3. The number of furan rings is 1. The van der Waals surface area contributed by atoms with Crippen molar-refractivity contribution in [2.75, 3.05) is 0 Å². The topological polar surface area (TPSA) is 48.8 Å². The first-order valence-electron chi connectivity index (χ1n) is 17.9. The minimum Gasteiger partial charge on any atom is -0.456 e. The van der Waals surface area contributed by atoms with Gasteiger partial charge < -0.3 is 8.98 Å². The second kappa shape index (κ2) is 10.6. The van der Waals surface area contributed by atoms with Crippen molar-refractivity contribution >= 4 is 87.2 Å². The van der Waals surface area contributed by atoms with Gasteiger partial charge in [-0.15, -0.1) is 0 Å². The van der Waals surface area contributed by atoms with Crippen LogP contribution in [0.5, 0.6) is 0 Å². The minimum absolute atomic E-state index is 0.634. The number of benzene rings is 8. The predicted molar refractivity (Wildman–Crippen MR) is 218 cm³/mol. The lowest BCUT2D eigenvalue weighted by Gasteiger charge is -2.14. The monoisotopic (exact) mass is 676 g/mol. The third kappa shape index (κ3) is 3.96. The van der Waals surface area contributed by atoms with Crippen LogP contribution in [0.25, 0.3) is 110 Å². The van der Waals surface area contributed by atoms with Crippen LogP contribution >= 0.6 is 0 Å². The van der Waals surface area contributed by atoms with Gasteiger partial charge in [-0.05, 0) is 59.3 Å². The van der Waals surface area contributed by atoms with Gasteiger partial charge >= 0.3 is 0 Å². The number of aromatic nitrogens is 4. The Morgan fingerprint density at radius 3 is 1.96 bits per heavy atom. The SMILES string of the molecule is c1ccc(-n2c3c(ccc4oc5ccccc5c43)c3ccc4c5ccccc5n(-c5nc(-c6ccc7ccccc7c6)c6ccccc6n5)c4c32)cc1. The molecule has 0 spiro atoms. The molecule has 53 heavy (non-hydrogen) atoms. The molecule has 0 N–H and O–H groups in total. The highest BCUT2D eigenvalue weighted by Gasteiger charge is 2.25. The first-order valence-corrected chi connectivity index (χ1v) is 17.9. The van der Waals surface area contributed by atoms with Gasteiger partial charge in [0.25, 0.3) is 0 Å². The van der Waals surface area contributed by atoms with Crippen molar-refractivity contribution in [2.45, 2.75) is 0 Å². The highest BCUT2D eigenvalue weighted by molar-refractivity contribution is 6.29. The molecule has 0 saturated heterocycles. The lowest BCUT2D eigenvalue weighted by atomic mass is 10.0. The second-order valence-electron chi connectivity index (χ2n) is 13.8. The standard InChI is InChI=1S/C48H28N4O/c1-2-14-32(15-3-1)51-45-35(26-27-42-43(45)38-18-8-11-21-41(38)53-42)36-25-24-34-33-16-7-10-20-40(33)52(47(34)46(36)51)48-49-39-19-9-6-17-37(39)44(50-48)31-23-22-29-12-4-5-13-30(29)28-31/h1-28H. The summed E-state index contributed by atoms with van der Waals surface area (Å²) in [4.78, 5) is 10.8. The molecule has 0 aliphatic carbocycles. The molecule has 4 aromatic heterocycles. The highest BCUT2D eigenvalue weighted by Crippen LogP contribution is 2.45. The third-order valence-electron chi connectivity index (χ3n) is 10.9. The van der Waals surface area contributed by atoms with Crippen LogP contribution in [0, 0.1) is 0 Å². The number of hydrogen-bond donors (Lipinski definition) is 0. The smallest absolute Gasteiger partial charge is 0.235 e. The van der Waals surface area contributed by atoms with E-state index in [2.05, 4.69) is 173 Å². The summed E-state index contributed by atoms with van der Waals surface area (Å²) >= 11 is 0. The number of rotatable bonds is 3. The molecule has 0 aliphatic rings. The third-order valence-corrected chi connectivity index (χ3v) is 10.9. The molecular weight excluding hydrogens is 649 g/mol. The van der Waals surface area contributed by atoms with E-state index in [0.717, 1.165) is 93.4 Å². The molecule has 12 aromatic rings. The van der Waals surface area contributed by atoms with Crippen LogP contribution in [0.1, 0.15) is 0 Å². The zero-order valence-electron chi connectivity index (χ0n) is 28.4. The maximum atomic E-state index is 6.46. The molecule has 0 amide bonds.